The molecule has 0 aromatic heterocycles. The molecule has 3 nitrogen and oxygen atoms in total. The molecule has 0 unspecified atom stereocenters. The molecule has 2 aromatic carbocycles. The molecular formula is C19H23NO2S. The minimum atomic E-state index is -3.44. The van der Waals surface area contributed by atoms with Gasteiger partial charge in [-0.25, -0.2) is 13.1 Å². The SMILES string of the molecule is CC(C)Cc1ccc(/C=C/S(=O)(=O)NCc2ccccc2)cc1. The van der Waals surface area contributed by atoms with Gasteiger partial charge in [-0.1, -0.05) is 68.4 Å². The molecule has 0 atom stereocenters. The van der Waals surface area contributed by atoms with E-state index in [0.29, 0.717) is 12.5 Å². The van der Waals surface area contributed by atoms with E-state index in [9.17, 15) is 8.42 Å². The predicted octanol–water partition coefficient (Wildman–Crippen LogP) is 3.98. The van der Waals surface area contributed by atoms with Crippen LogP contribution in [0.4, 0.5) is 0 Å². The van der Waals surface area contributed by atoms with Crippen LogP contribution in [0.15, 0.2) is 60.0 Å². The fourth-order valence-corrected chi connectivity index (χ4v) is 3.03. The molecule has 0 saturated carbocycles. The van der Waals surface area contributed by atoms with Crippen molar-refractivity contribution in [1.29, 1.82) is 0 Å². The van der Waals surface area contributed by atoms with Crippen molar-refractivity contribution in [1.82, 2.24) is 4.72 Å². The second-order valence-corrected chi connectivity index (χ2v) is 7.64. The summed E-state index contributed by atoms with van der Waals surface area (Å²) in [4.78, 5) is 0. The highest BCUT2D eigenvalue weighted by molar-refractivity contribution is 7.92. The Balaban J connectivity index is 1.95. The summed E-state index contributed by atoms with van der Waals surface area (Å²) in [6.45, 7) is 4.65. The number of benzene rings is 2. The van der Waals surface area contributed by atoms with Crippen molar-refractivity contribution in [3.05, 3.63) is 76.7 Å². The molecule has 0 spiro atoms. The Morgan fingerprint density at radius 2 is 1.61 bits per heavy atom. The standard InChI is InChI=1S/C19H23NO2S/c1-16(2)14-18-10-8-17(9-11-18)12-13-23(21,22)20-15-19-6-4-3-5-7-19/h3-13,16,20H,14-15H2,1-2H3/b13-12+. The first-order chi connectivity index (χ1) is 10.9. The molecule has 2 rings (SSSR count). The lowest BCUT2D eigenvalue weighted by Gasteiger charge is -2.05. The Bertz CT molecular complexity index is 733. The number of hydrogen-bond acceptors (Lipinski definition) is 2. The van der Waals surface area contributed by atoms with Crippen molar-refractivity contribution in [2.75, 3.05) is 0 Å². The summed E-state index contributed by atoms with van der Waals surface area (Å²) >= 11 is 0. The van der Waals surface area contributed by atoms with Gasteiger partial charge in [0.05, 0.1) is 0 Å². The molecule has 2 aromatic rings. The molecule has 0 radical (unpaired) electrons. The molecule has 0 aliphatic rings. The van der Waals surface area contributed by atoms with E-state index in [1.54, 1.807) is 6.08 Å². The lowest BCUT2D eigenvalue weighted by molar-refractivity contribution is 0.591. The fourth-order valence-electron chi connectivity index (χ4n) is 2.23. The third kappa shape index (κ3) is 6.38. The second-order valence-electron chi connectivity index (χ2n) is 5.99. The number of hydrogen-bond donors (Lipinski definition) is 1. The summed E-state index contributed by atoms with van der Waals surface area (Å²) in [6.07, 6.45) is 2.65. The highest BCUT2D eigenvalue weighted by Gasteiger charge is 2.04. The molecular weight excluding hydrogens is 306 g/mol. The first-order valence-corrected chi connectivity index (χ1v) is 9.30. The molecule has 0 amide bonds. The van der Waals surface area contributed by atoms with Crippen LogP contribution >= 0.6 is 0 Å². The third-order valence-electron chi connectivity index (χ3n) is 3.38. The molecule has 0 bridgehead atoms. The van der Waals surface area contributed by atoms with Crippen LogP contribution in [0.2, 0.25) is 0 Å². The highest BCUT2D eigenvalue weighted by atomic mass is 32.2. The van der Waals surface area contributed by atoms with Crippen molar-refractivity contribution < 1.29 is 8.42 Å². The zero-order chi connectivity index (χ0) is 16.7. The van der Waals surface area contributed by atoms with Gasteiger partial charge in [0, 0.05) is 12.0 Å². The van der Waals surface area contributed by atoms with Crippen molar-refractivity contribution in [3.63, 3.8) is 0 Å². The summed E-state index contributed by atoms with van der Waals surface area (Å²) in [6, 6.07) is 17.4. The van der Waals surface area contributed by atoms with Gasteiger partial charge in [0.25, 0.3) is 0 Å². The first kappa shape index (κ1) is 17.4. The van der Waals surface area contributed by atoms with E-state index in [1.807, 2.05) is 54.6 Å². The van der Waals surface area contributed by atoms with Crippen LogP contribution in [-0.2, 0) is 23.0 Å². The van der Waals surface area contributed by atoms with E-state index in [0.717, 1.165) is 17.5 Å². The molecule has 0 heterocycles. The van der Waals surface area contributed by atoms with Crippen LogP contribution in [0.3, 0.4) is 0 Å². The first-order valence-electron chi connectivity index (χ1n) is 7.75. The Morgan fingerprint density at radius 3 is 2.22 bits per heavy atom. The lowest BCUT2D eigenvalue weighted by Crippen LogP contribution is -2.20. The van der Waals surface area contributed by atoms with Gasteiger partial charge in [0.15, 0.2) is 0 Å². The van der Waals surface area contributed by atoms with Gasteiger partial charge in [-0.05, 0) is 35.1 Å². The lowest BCUT2D eigenvalue weighted by atomic mass is 10.0. The zero-order valence-corrected chi connectivity index (χ0v) is 14.4. The number of rotatable bonds is 7. The average Bonchev–Trinajstić information content (AvgIpc) is 2.53. The van der Waals surface area contributed by atoms with Crippen LogP contribution in [0.1, 0.15) is 30.5 Å². The number of nitrogens with one attached hydrogen (secondary N) is 1. The summed E-state index contributed by atoms with van der Waals surface area (Å²) < 4.78 is 26.6. The van der Waals surface area contributed by atoms with Gasteiger partial charge in [0.1, 0.15) is 0 Å². The quantitative estimate of drug-likeness (QED) is 0.835. The Hall–Kier alpha value is -1.91. The molecule has 0 saturated heterocycles. The van der Waals surface area contributed by atoms with Gasteiger partial charge < -0.3 is 0 Å². The fraction of sp³-hybridized carbons (Fsp3) is 0.263. The summed E-state index contributed by atoms with van der Waals surface area (Å²) in [5.41, 5.74) is 3.08. The molecule has 0 fully saturated rings. The summed E-state index contributed by atoms with van der Waals surface area (Å²) in [5, 5.41) is 1.22. The summed E-state index contributed by atoms with van der Waals surface area (Å²) in [5.74, 6) is 0.610. The van der Waals surface area contributed by atoms with Gasteiger partial charge in [0.2, 0.25) is 10.0 Å². The number of sulfonamides is 1. The molecule has 23 heavy (non-hydrogen) atoms. The Labute approximate surface area is 139 Å². The van der Waals surface area contributed by atoms with Crippen LogP contribution < -0.4 is 4.72 Å². The zero-order valence-electron chi connectivity index (χ0n) is 13.6. The smallest absolute Gasteiger partial charge is 0.208 e. The summed E-state index contributed by atoms with van der Waals surface area (Å²) in [7, 11) is -3.44. The minimum absolute atomic E-state index is 0.292. The largest absolute Gasteiger partial charge is 0.234 e. The van der Waals surface area contributed by atoms with Crippen LogP contribution in [0, 0.1) is 5.92 Å². The van der Waals surface area contributed by atoms with Gasteiger partial charge in [-0.3, -0.25) is 0 Å². The molecule has 122 valence electrons. The predicted molar refractivity (Wildman–Crippen MR) is 96.2 cm³/mol. The van der Waals surface area contributed by atoms with E-state index in [2.05, 4.69) is 18.6 Å². The highest BCUT2D eigenvalue weighted by Crippen LogP contribution is 2.11. The van der Waals surface area contributed by atoms with Crippen molar-refractivity contribution in [2.24, 2.45) is 5.92 Å². The Morgan fingerprint density at radius 1 is 0.957 bits per heavy atom. The topological polar surface area (TPSA) is 46.2 Å². The van der Waals surface area contributed by atoms with E-state index < -0.39 is 10.0 Å². The monoisotopic (exact) mass is 329 g/mol. The second kappa shape index (κ2) is 8.09. The maximum Gasteiger partial charge on any atom is 0.234 e. The van der Waals surface area contributed by atoms with Crippen LogP contribution in [-0.4, -0.2) is 8.42 Å². The van der Waals surface area contributed by atoms with E-state index in [4.69, 9.17) is 0 Å². The molecule has 0 aliphatic carbocycles. The maximum atomic E-state index is 12.0. The molecule has 1 N–H and O–H groups in total. The molecule has 0 aliphatic heterocycles. The van der Waals surface area contributed by atoms with Crippen molar-refractivity contribution in [2.45, 2.75) is 26.8 Å². The van der Waals surface area contributed by atoms with Gasteiger partial charge >= 0.3 is 0 Å². The van der Waals surface area contributed by atoms with E-state index >= 15 is 0 Å². The average molecular weight is 329 g/mol. The maximum absolute atomic E-state index is 12.0. The van der Waals surface area contributed by atoms with Gasteiger partial charge in [-0.2, -0.15) is 0 Å². The molecule has 4 heteroatoms. The third-order valence-corrected chi connectivity index (χ3v) is 4.42. The van der Waals surface area contributed by atoms with Crippen molar-refractivity contribution in [3.8, 4) is 0 Å². The van der Waals surface area contributed by atoms with E-state index in [1.165, 1.54) is 11.0 Å². The van der Waals surface area contributed by atoms with Crippen LogP contribution in [0.25, 0.3) is 6.08 Å². The van der Waals surface area contributed by atoms with Crippen molar-refractivity contribution >= 4 is 16.1 Å². The van der Waals surface area contributed by atoms with Crippen LogP contribution in [0.5, 0.6) is 0 Å². The normalized spacial score (nSPS) is 12.1. The Kier molecular flexibility index (Phi) is 6.13. The van der Waals surface area contributed by atoms with E-state index in [-0.39, 0.29) is 0 Å². The van der Waals surface area contributed by atoms with Gasteiger partial charge in [-0.15, -0.1) is 0 Å². The minimum Gasteiger partial charge on any atom is -0.208 e.